The third kappa shape index (κ3) is 3.71. The molecular weight excluding hydrogens is 635 g/mol. The highest BCUT2D eigenvalue weighted by Crippen LogP contribution is 2.61. The summed E-state index contributed by atoms with van der Waals surface area (Å²) in [5.74, 6) is 0.969. The highest BCUT2D eigenvalue weighted by Gasteiger charge is 2.54. The molecule has 0 amide bonds. The maximum Gasteiger partial charge on any atom is 0.234 e. The van der Waals surface area contributed by atoms with Crippen molar-refractivity contribution in [2.75, 3.05) is 4.90 Å². The van der Waals surface area contributed by atoms with Crippen molar-refractivity contribution in [1.29, 1.82) is 0 Å². The van der Waals surface area contributed by atoms with Gasteiger partial charge in [0, 0.05) is 22.6 Å². The van der Waals surface area contributed by atoms with E-state index >= 15 is 0 Å². The number of fused-ring (bicyclic) bond motifs is 14. The van der Waals surface area contributed by atoms with Gasteiger partial charge in [-0.1, -0.05) is 115 Å². The molecule has 2 aromatic heterocycles. The third-order valence-electron chi connectivity index (χ3n) is 12.7. The van der Waals surface area contributed by atoms with E-state index in [-0.39, 0.29) is 11.5 Å². The van der Waals surface area contributed by atoms with Gasteiger partial charge in [-0.3, -0.25) is 0 Å². The molecule has 0 radical (unpaired) electrons. The van der Waals surface area contributed by atoms with Crippen molar-refractivity contribution in [1.82, 2.24) is 9.97 Å². The maximum atomic E-state index is 6.70. The average molecular weight is 670 g/mol. The second kappa shape index (κ2) is 10.3. The van der Waals surface area contributed by atoms with Crippen LogP contribution in [0, 0.1) is 0 Å². The van der Waals surface area contributed by atoms with E-state index in [1.807, 2.05) is 6.07 Å². The molecule has 2 atom stereocenters. The van der Waals surface area contributed by atoms with Crippen molar-refractivity contribution in [3.05, 3.63) is 155 Å². The summed E-state index contributed by atoms with van der Waals surface area (Å²) in [6, 6.07) is 42.0. The zero-order chi connectivity index (χ0) is 34.1. The highest BCUT2D eigenvalue weighted by molar-refractivity contribution is 6.14. The van der Waals surface area contributed by atoms with E-state index in [0.29, 0.717) is 5.71 Å². The van der Waals surface area contributed by atoms with Crippen molar-refractivity contribution in [2.24, 2.45) is 0 Å². The Morgan fingerprint density at radius 2 is 1.54 bits per heavy atom. The number of para-hydroxylation sites is 1. The minimum atomic E-state index is -0.241. The minimum absolute atomic E-state index is 0.241. The van der Waals surface area contributed by atoms with Crippen LogP contribution >= 0.6 is 0 Å². The molecular formula is C48H35N3O. The number of hydrogen-bond donors (Lipinski definition) is 0. The number of benzene rings is 6. The first-order valence-electron chi connectivity index (χ1n) is 18.7. The summed E-state index contributed by atoms with van der Waals surface area (Å²) in [5.41, 5.74) is 14.4. The summed E-state index contributed by atoms with van der Waals surface area (Å²) in [5, 5.41) is 7.16. The first-order valence-corrected chi connectivity index (χ1v) is 18.7. The lowest BCUT2D eigenvalue weighted by Gasteiger charge is -2.45. The summed E-state index contributed by atoms with van der Waals surface area (Å²) in [7, 11) is 0. The normalized spacial score (nSPS) is 20.1. The molecule has 0 fully saturated rings. The molecule has 0 N–H and O–H groups in total. The van der Waals surface area contributed by atoms with Gasteiger partial charge in [0.2, 0.25) is 11.7 Å². The first kappa shape index (κ1) is 28.7. The Balaban J connectivity index is 1.18. The molecule has 4 heteroatoms. The van der Waals surface area contributed by atoms with Crippen molar-refractivity contribution in [2.45, 2.75) is 50.5 Å². The lowest BCUT2D eigenvalue weighted by Crippen LogP contribution is -2.47. The molecule has 1 aliphatic heterocycles. The third-order valence-corrected chi connectivity index (χ3v) is 12.7. The van der Waals surface area contributed by atoms with Crippen LogP contribution in [0.5, 0.6) is 0 Å². The molecule has 6 aromatic carbocycles. The van der Waals surface area contributed by atoms with Crippen LogP contribution in [-0.2, 0) is 6.42 Å². The van der Waals surface area contributed by atoms with Gasteiger partial charge in [-0.15, -0.1) is 0 Å². The Hall–Kier alpha value is -6.00. The van der Waals surface area contributed by atoms with Crippen LogP contribution in [0.1, 0.15) is 55.2 Å². The van der Waals surface area contributed by atoms with Crippen LogP contribution in [-0.4, -0.2) is 15.5 Å². The van der Waals surface area contributed by atoms with Crippen molar-refractivity contribution in [3.8, 4) is 22.4 Å². The number of hydrogen-bond acceptors (Lipinski definition) is 4. The predicted molar refractivity (Wildman–Crippen MR) is 212 cm³/mol. The minimum Gasteiger partial charge on any atom is -0.437 e. The fourth-order valence-electron chi connectivity index (χ4n) is 10.4. The molecule has 0 saturated carbocycles. The molecule has 3 heterocycles. The molecule has 8 aromatic rings. The van der Waals surface area contributed by atoms with Crippen LogP contribution in [0.25, 0.3) is 66.0 Å². The van der Waals surface area contributed by atoms with E-state index in [1.165, 1.54) is 60.6 Å². The number of furan rings is 1. The number of nitrogens with zero attached hydrogens (tertiary/aromatic N) is 3. The van der Waals surface area contributed by atoms with Crippen LogP contribution in [0.15, 0.2) is 143 Å². The largest absolute Gasteiger partial charge is 0.437 e. The second-order valence-electron chi connectivity index (χ2n) is 15.3. The van der Waals surface area contributed by atoms with Crippen molar-refractivity contribution < 1.29 is 4.42 Å². The van der Waals surface area contributed by atoms with Gasteiger partial charge in [0.1, 0.15) is 5.58 Å². The molecule has 12 rings (SSSR count). The Kier molecular flexibility index (Phi) is 5.68. The summed E-state index contributed by atoms with van der Waals surface area (Å²) in [4.78, 5) is 13.7. The predicted octanol–water partition coefficient (Wildman–Crippen LogP) is 12.4. The van der Waals surface area contributed by atoms with Crippen molar-refractivity contribution in [3.63, 3.8) is 0 Å². The Bertz CT molecular complexity index is 2930. The van der Waals surface area contributed by atoms with E-state index in [2.05, 4.69) is 133 Å². The fraction of sp³-hybridized carbons (Fsp3) is 0.167. The molecule has 0 spiro atoms. The molecule has 52 heavy (non-hydrogen) atoms. The number of rotatable bonds is 2. The van der Waals surface area contributed by atoms with E-state index in [9.17, 15) is 0 Å². The SMILES string of the molecule is C[C@]12CCC3=C(CCC=C3)C1c1c(ccc3ccccc13)N2c1nc(-c2cc3ccccc3c3c2Cc2ccccc2-3)c2c(n1)oc1ccccc12. The van der Waals surface area contributed by atoms with Crippen LogP contribution in [0.2, 0.25) is 0 Å². The molecule has 0 bridgehead atoms. The van der Waals surface area contributed by atoms with Crippen LogP contribution < -0.4 is 4.90 Å². The molecule has 4 nitrogen and oxygen atoms in total. The summed E-state index contributed by atoms with van der Waals surface area (Å²) in [6.45, 7) is 2.46. The lowest BCUT2D eigenvalue weighted by molar-refractivity contribution is 0.368. The molecule has 248 valence electrons. The van der Waals surface area contributed by atoms with Gasteiger partial charge in [-0.05, 0) is 112 Å². The lowest BCUT2D eigenvalue weighted by atomic mass is 9.66. The molecule has 0 saturated heterocycles. The standard InChI is InChI=1S/C48H35N3O/c1-48-25-24-29-13-3-9-19-35(29)44(48)42-32-16-6-2-12-28(32)22-23-39(42)51(48)47-49-45(43-36-20-10-11-21-40(36)52-46(43)50-47)38-27-31-15-5-8-18-34(31)41-33-17-7-4-14-30(33)26-37(38)41/h2-8,10-18,20-23,27,44H,9,19,24-26H2,1H3/t44?,48-/m0/s1. The van der Waals surface area contributed by atoms with Crippen molar-refractivity contribution >= 4 is 55.2 Å². The maximum absolute atomic E-state index is 6.70. The zero-order valence-corrected chi connectivity index (χ0v) is 29.0. The number of anilines is 2. The van der Waals surface area contributed by atoms with E-state index in [0.717, 1.165) is 65.7 Å². The first-order chi connectivity index (χ1) is 25.7. The van der Waals surface area contributed by atoms with E-state index in [1.54, 1.807) is 5.57 Å². The summed E-state index contributed by atoms with van der Waals surface area (Å²) in [6.07, 6.45) is 9.89. The van der Waals surface area contributed by atoms with Gasteiger partial charge >= 0.3 is 0 Å². The molecule has 4 aliphatic rings. The molecule has 3 aliphatic carbocycles. The highest BCUT2D eigenvalue weighted by atomic mass is 16.3. The van der Waals surface area contributed by atoms with Gasteiger partial charge in [-0.2, -0.15) is 4.98 Å². The van der Waals surface area contributed by atoms with Gasteiger partial charge in [0.15, 0.2) is 0 Å². The van der Waals surface area contributed by atoms with Gasteiger partial charge in [-0.25, -0.2) is 4.98 Å². The Morgan fingerprint density at radius 1 is 0.750 bits per heavy atom. The average Bonchev–Trinajstić information content (AvgIpc) is 3.85. The number of aromatic nitrogens is 2. The van der Waals surface area contributed by atoms with Crippen LogP contribution in [0.4, 0.5) is 11.6 Å². The van der Waals surface area contributed by atoms with Gasteiger partial charge in [0.25, 0.3) is 0 Å². The van der Waals surface area contributed by atoms with E-state index in [4.69, 9.17) is 14.4 Å². The Morgan fingerprint density at radius 3 is 2.46 bits per heavy atom. The van der Waals surface area contributed by atoms with Crippen LogP contribution in [0.3, 0.4) is 0 Å². The Labute approximate surface area is 301 Å². The monoisotopic (exact) mass is 669 g/mol. The summed E-state index contributed by atoms with van der Waals surface area (Å²) >= 11 is 0. The molecule has 1 unspecified atom stereocenters. The second-order valence-corrected chi connectivity index (χ2v) is 15.3. The summed E-state index contributed by atoms with van der Waals surface area (Å²) < 4.78 is 6.70. The number of allylic oxidation sites excluding steroid dienone is 3. The fourth-order valence-corrected chi connectivity index (χ4v) is 10.4. The zero-order valence-electron chi connectivity index (χ0n) is 29.0. The topological polar surface area (TPSA) is 42.2 Å². The smallest absolute Gasteiger partial charge is 0.234 e. The van der Waals surface area contributed by atoms with Gasteiger partial charge in [0.05, 0.1) is 16.6 Å². The quantitative estimate of drug-likeness (QED) is 0.184. The van der Waals surface area contributed by atoms with Gasteiger partial charge < -0.3 is 9.32 Å². The van der Waals surface area contributed by atoms with E-state index < -0.39 is 0 Å².